The Kier molecular flexibility index (Phi) is 4.57. The van der Waals surface area contributed by atoms with Gasteiger partial charge in [-0.3, -0.25) is 4.79 Å². The minimum atomic E-state index is -3.77. The maximum absolute atomic E-state index is 12.9. The number of pyridine rings is 1. The van der Waals surface area contributed by atoms with Crippen LogP contribution in [-0.4, -0.2) is 48.0 Å². The number of halogens is 1. The number of hydrogen-bond donors (Lipinski definition) is 0. The van der Waals surface area contributed by atoms with E-state index in [2.05, 4.69) is 4.98 Å². The molecule has 3 heterocycles. The summed E-state index contributed by atoms with van der Waals surface area (Å²) in [4.78, 5) is 17.4. The molecule has 0 N–H and O–H groups in total. The molecular weight excluding hydrogens is 398 g/mol. The summed E-state index contributed by atoms with van der Waals surface area (Å²) >= 11 is 7.33. The third kappa shape index (κ3) is 2.95. The fraction of sp³-hybridized carbons (Fsp3) is 0.250. The van der Waals surface area contributed by atoms with E-state index in [0.717, 1.165) is 11.5 Å². The molecular formula is C16H14ClN3O4S2. The topological polar surface area (TPSA) is 81.5 Å². The summed E-state index contributed by atoms with van der Waals surface area (Å²) in [5, 5.41) is 0.609. The zero-order valence-corrected chi connectivity index (χ0v) is 15.9. The first-order valence-electron chi connectivity index (χ1n) is 7.83. The van der Waals surface area contributed by atoms with Crippen LogP contribution >= 0.6 is 23.1 Å². The van der Waals surface area contributed by atoms with Gasteiger partial charge in [0.15, 0.2) is 0 Å². The van der Waals surface area contributed by atoms with E-state index in [9.17, 15) is 13.2 Å². The normalized spacial score (nSPS) is 16.2. The molecule has 1 aromatic carbocycles. The number of ether oxygens (including phenoxy) is 1. The molecule has 136 valence electrons. The van der Waals surface area contributed by atoms with Gasteiger partial charge in [0.25, 0.3) is 5.56 Å². The third-order valence-corrected chi connectivity index (χ3v) is 7.54. The predicted molar refractivity (Wildman–Crippen MR) is 99.8 cm³/mol. The molecule has 0 atom stereocenters. The molecule has 1 aliphatic rings. The van der Waals surface area contributed by atoms with Crippen LogP contribution in [0, 0.1) is 0 Å². The van der Waals surface area contributed by atoms with Crippen molar-refractivity contribution >= 4 is 43.4 Å². The summed E-state index contributed by atoms with van der Waals surface area (Å²) < 4.78 is 33.9. The summed E-state index contributed by atoms with van der Waals surface area (Å²) in [6, 6.07) is 7.94. The lowest BCUT2D eigenvalue weighted by Gasteiger charge is -2.26. The number of aromatic nitrogens is 2. The first-order chi connectivity index (χ1) is 12.5. The van der Waals surface area contributed by atoms with Crippen LogP contribution in [0.25, 0.3) is 15.9 Å². The molecule has 3 aromatic rings. The summed E-state index contributed by atoms with van der Waals surface area (Å²) in [5.41, 5.74) is 0.198. The first kappa shape index (κ1) is 17.6. The summed E-state index contributed by atoms with van der Waals surface area (Å²) in [7, 11) is -3.77. The lowest BCUT2D eigenvalue weighted by Crippen LogP contribution is -2.40. The number of fused-ring (bicyclic) bond motifs is 1. The fourth-order valence-electron chi connectivity index (χ4n) is 2.78. The predicted octanol–water partition coefficient (Wildman–Crippen LogP) is 2.12. The average Bonchev–Trinajstić information content (AvgIpc) is 3.00. The second-order valence-corrected chi connectivity index (χ2v) is 8.93. The second kappa shape index (κ2) is 6.75. The van der Waals surface area contributed by atoms with E-state index in [1.807, 2.05) is 0 Å². The van der Waals surface area contributed by atoms with Gasteiger partial charge in [0.1, 0.15) is 9.73 Å². The number of nitrogens with zero attached hydrogens (tertiary/aromatic N) is 3. The van der Waals surface area contributed by atoms with Gasteiger partial charge in [-0.15, -0.1) is 0 Å². The lowest BCUT2D eigenvalue weighted by atomic mass is 10.3. The molecule has 10 heteroatoms. The monoisotopic (exact) mass is 411 g/mol. The molecule has 2 aromatic heterocycles. The highest BCUT2D eigenvalue weighted by Gasteiger charge is 2.29. The first-order valence-corrected chi connectivity index (χ1v) is 10.4. The van der Waals surface area contributed by atoms with Crippen LogP contribution in [0.3, 0.4) is 0 Å². The Balaban J connectivity index is 1.83. The smallest absolute Gasteiger partial charge is 0.274 e. The minimum absolute atomic E-state index is 0.0177. The van der Waals surface area contributed by atoms with E-state index in [1.54, 1.807) is 24.4 Å². The molecule has 26 heavy (non-hydrogen) atoms. The van der Waals surface area contributed by atoms with Crippen LogP contribution < -0.4 is 5.56 Å². The molecule has 0 radical (unpaired) electrons. The molecule has 4 rings (SSSR count). The Morgan fingerprint density at radius 3 is 2.69 bits per heavy atom. The second-order valence-electron chi connectivity index (χ2n) is 5.68. The Hall–Kier alpha value is -1.78. The molecule has 1 aliphatic heterocycles. The number of rotatable bonds is 3. The van der Waals surface area contributed by atoms with Gasteiger partial charge in [0, 0.05) is 19.3 Å². The molecule has 0 aliphatic carbocycles. The minimum Gasteiger partial charge on any atom is -0.379 e. The van der Waals surface area contributed by atoms with Crippen molar-refractivity contribution in [2.75, 3.05) is 26.3 Å². The number of benzene rings is 1. The van der Waals surface area contributed by atoms with Crippen molar-refractivity contribution in [3.63, 3.8) is 0 Å². The van der Waals surface area contributed by atoms with E-state index in [-0.39, 0.29) is 28.6 Å². The largest absolute Gasteiger partial charge is 0.379 e. The van der Waals surface area contributed by atoms with Crippen molar-refractivity contribution in [1.29, 1.82) is 0 Å². The quantitative estimate of drug-likeness (QED) is 0.659. The third-order valence-electron chi connectivity index (χ3n) is 4.10. The maximum atomic E-state index is 12.9. The standard InChI is InChI=1S/C16H14ClN3O4S2/c17-13-4-3-11(20-16(21)12-2-1-5-18-15(12)25-20)10-14(13)26(22,23)19-6-8-24-9-7-19/h1-5,10H,6-9H2. The van der Waals surface area contributed by atoms with Crippen molar-refractivity contribution < 1.29 is 13.2 Å². The Morgan fingerprint density at radius 1 is 1.19 bits per heavy atom. The van der Waals surface area contributed by atoms with Gasteiger partial charge < -0.3 is 4.74 Å². The number of morpholine rings is 1. The zero-order valence-electron chi connectivity index (χ0n) is 13.5. The molecule has 0 amide bonds. The van der Waals surface area contributed by atoms with Gasteiger partial charge in [-0.2, -0.15) is 4.31 Å². The summed E-state index contributed by atoms with van der Waals surface area (Å²) in [5.74, 6) is 0. The van der Waals surface area contributed by atoms with Crippen molar-refractivity contribution in [3.05, 3.63) is 51.9 Å². The highest BCUT2D eigenvalue weighted by molar-refractivity contribution is 7.89. The Bertz CT molecular complexity index is 1130. The van der Waals surface area contributed by atoms with Crippen LogP contribution in [0.4, 0.5) is 0 Å². The molecule has 7 nitrogen and oxygen atoms in total. The van der Waals surface area contributed by atoms with Crippen LogP contribution in [-0.2, 0) is 14.8 Å². The van der Waals surface area contributed by atoms with E-state index < -0.39 is 10.0 Å². The van der Waals surface area contributed by atoms with E-state index in [4.69, 9.17) is 16.3 Å². The zero-order chi connectivity index (χ0) is 18.3. The van der Waals surface area contributed by atoms with Gasteiger partial charge in [0.2, 0.25) is 10.0 Å². The van der Waals surface area contributed by atoms with Crippen molar-refractivity contribution in [3.8, 4) is 5.69 Å². The average molecular weight is 412 g/mol. The summed E-state index contributed by atoms with van der Waals surface area (Å²) in [6.45, 7) is 1.24. The van der Waals surface area contributed by atoms with E-state index in [1.165, 1.54) is 20.4 Å². The van der Waals surface area contributed by atoms with Crippen LogP contribution in [0.1, 0.15) is 0 Å². The van der Waals surface area contributed by atoms with Crippen LogP contribution in [0.15, 0.2) is 46.2 Å². The molecule has 0 bridgehead atoms. The molecule has 1 saturated heterocycles. The van der Waals surface area contributed by atoms with Gasteiger partial charge in [-0.25, -0.2) is 17.4 Å². The van der Waals surface area contributed by atoms with Gasteiger partial charge in [-0.05, 0) is 41.9 Å². The van der Waals surface area contributed by atoms with Crippen LogP contribution in [0.2, 0.25) is 5.02 Å². The highest BCUT2D eigenvalue weighted by atomic mass is 35.5. The van der Waals surface area contributed by atoms with E-state index >= 15 is 0 Å². The van der Waals surface area contributed by atoms with Crippen LogP contribution in [0.5, 0.6) is 0 Å². The van der Waals surface area contributed by atoms with Gasteiger partial charge >= 0.3 is 0 Å². The Labute approximate surface area is 158 Å². The molecule has 0 saturated carbocycles. The van der Waals surface area contributed by atoms with Crippen molar-refractivity contribution in [1.82, 2.24) is 13.2 Å². The number of hydrogen-bond acceptors (Lipinski definition) is 6. The highest BCUT2D eigenvalue weighted by Crippen LogP contribution is 2.28. The maximum Gasteiger partial charge on any atom is 0.274 e. The van der Waals surface area contributed by atoms with Crippen molar-refractivity contribution in [2.45, 2.75) is 4.90 Å². The van der Waals surface area contributed by atoms with Crippen molar-refractivity contribution in [2.24, 2.45) is 0 Å². The Morgan fingerprint density at radius 2 is 1.96 bits per heavy atom. The van der Waals surface area contributed by atoms with Gasteiger partial charge in [-0.1, -0.05) is 11.6 Å². The fourth-order valence-corrected chi connectivity index (χ4v) is 5.61. The summed E-state index contributed by atoms with van der Waals surface area (Å²) in [6.07, 6.45) is 1.61. The molecule has 0 spiro atoms. The molecule has 0 unspecified atom stereocenters. The SMILES string of the molecule is O=c1c2cccnc2sn1-c1ccc(Cl)c(S(=O)(=O)N2CCOCC2)c1. The van der Waals surface area contributed by atoms with Gasteiger partial charge in [0.05, 0.1) is 29.3 Å². The lowest BCUT2D eigenvalue weighted by molar-refractivity contribution is 0.0730. The number of sulfonamides is 1. The molecule has 1 fully saturated rings. The van der Waals surface area contributed by atoms with E-state index in [0.29, 0.717) is 29.1 Å².